The summed E-state index contributed by atoms with van der Waals surface area (Å²) in [6, 6.07) is 0. The van der Waals surface area contributed by atoms with Gasteiger partial charge in [-0.25, -0.2) is 0 Å². The first-order chi connectivity index (χ1) is 14.7. The summed E-state index contributed by atoms with van der Waals surface area (Å²) < 4.78 is 7.22. The summed E-state index contributed by atoms with van der Waals surface area (Å²) in [5, 5.41) is 23.4. The zero-order chi connectivity index (χ0) is 23.1. The average molecular weight is 553 g/mol. The van der Waals surface area contributed by atoms with Crippen molar-refractivity contribution in [1.82, 2.24) is 0 Å². The maximum atomic E-state index is 11.1. The number of hydrogen-bond donors (Lipinski definition) is 2. The van der Waals surface area contributed by atoms with Crippen molar-refractivity contribution in [2.24, 2.45) is 0 Å². The summed E-state index contributed by atoms with van der Waals surface area (Å²) in [6.45, 7) is 14.3. The number of hydrogen-bond acceptors (Lipinski definition) is 2. The van der Waals surface area contributed by atoms with Gasteiger partial charge in [-0.05, 0) is 0 Å². The first-order valence-corrected chi connectivity index (χ1v) is 24.4. The van der Waals surface area contributed by atoms with Gasteiger partial charge in [0.1, 0.15) is 0 Å². The number of unbranched alkanes of at least 4 members (excludes halogenated alkanes) is 3. The molecule has 2 aliphatic rings. The van der Waals surface area contributed by atoms with E-state index in [1.165, 1.54) is 69.0 Å². The number of aliphatic hydroxyl groups is 2. The van der Waals surface area contributed by atoms with Crippen LogP contribution in [0.5, 0.6) is 0 Å². The zero-order valence-electron chi connectivity index (χ0n) is 21.4. The SMILES string of the molecule is CCC[CH2][Sn](/[CH]=C/C(=C1/C2=C(CCCC2)C(O)C1O)[Si](C)(C)C)([CH2]CCC)[CH2]CCC. The number of allylic oxidation sites excluding steroid dienone is 2. The van der Waals surface area contributed by atoms with Gasteiger partial charge >= 0.3 is 199 Å². The van der Waals surface area contributed by atoms with E-state index in [9.17, 15) is 10.2 Å². The molecule has 2 nitrogen and oxygen atoms in total. The standard InChI is InChI=1S/C15H23O2Si.3C4H9.Sn/c1-5-12(18(2,3)4)13-10-8-6-7-9-11(10)14(16)15(13)17;3*1-3-4-2;/h1,5,14-17H,6-9H2,2-4H3;3*1,3-4H2,2H3;/b5-1?,13-12+;;;;. The molecule has 31 heavy (non-hydrogen) atoms. The minimum absolute atomic E-state index is 0.668. The van der Waals surface area contributed by atoms with E-state index >= 15 is 0 Å². The van der Waals surface area contributed by atoms with Crippen molar-refractivity contribution in [3.8, 4) is 0 Å². The molecular formula is C27H50O2SiSn. The van der Waals surface area contributed by atoms with E-state index in [0.717, 1.165) is 30.4 Å². The molecule has 0 spiro atoms. The molecule has 0 aliphatic heterocycles. The molecule has 2 rings (SSSR count). The second-order valence-corrected chi connectivity index (χ2v) is 29.2. The Labute approximate surface area is 198 Å². The van der Waals surface area contributed by atoms with Crippen LogP contribution in [0, 0.1) is 0 Å². The van der Waals surface area contributed by atoms with Crippen molar-refractivity contribution in [3.05, 3.63) is 32.1 Å². The van der Waals surface area contributed by atoms with Crippen LogP contribution in [0.2, 0.25) is 33.0 Å². The molecule has 0 fully saturated rings. The molecule has 0 saturated carbocycles. The van der Waals surface area contributed by atoms with Crippen molar-refractivity contribution in [2.45, 2.75) is 130 Å². The molecule has 2 atom stereocenters. The van der Waals surface area contributed by atoms with E-state index in [1.54, 1.807) is 0 Å². The van der Waals surface area contributed by atoms with Crippen LogP contribution in [0.4, 0.5) is 0 Å². The summed E-state index contributed by atoms with van der Waals surface area (Å²) in [7, 11) is -1.67. The van der Waals surface area contributed by atoms with Crippen molar-refractivity contribution in [1.29, 1.82) is 0 Å². The van der Waals surface area contributed by atoms with Crippen LogP contribution in [0.25, 0.3) is 0 Å². The molecule has 0 saturated heterocycles. The Morgan fingerprint density at radius 1 is 0.871 bits per heavy atom. The van der Waals surface area contributed by atoms with Crippen molar-refractivity contribution >= 4 is 26.5 Å². The average Bonchev–Trinajstić information content (AvgIpc) is 2.99. The van der Waals surface area contributed by atoms with Crippen LogP contribution in [-0.2, 0) is 0 Å². The number of aliphatic hydroxyl groups excluding tert-OH is 2. The molecule has 2 N–H and O–H groups in total. The van der Waals surface area contributed by atoms with E-state index in [0.29, 0.717) is 0 Å². The van der Waals surface area contributed by atoms with Crippen molar-refractivity contribution < 1.29 is 10.2 Å². The molecule has 4 heteroatoms. The Morgan fingerprint density at radius 2 is 1.39 bits per heavy atom. The van der Waals surface area contributed by atoms with Crippen LogP contribution in [-0.4, -0.2) is 48.9 Å². The van der Waals surface area contributed by atoms with Gasteiger partial charge < -0.3 is 0 Å². The van der Waals surface area contributed by atoms with Crippen LogP contribution in [0.3, 0.4) is 0 Å². The van der Waals surface area contributed by atoms with Gasteiger partial charge in [0.25, 0.3) is 0 Å². The Bertz CT molecular complexity index is 649. The van der Waals surface area contributed by atoms with Gasteiger partial charge in [0.05, 0.1) is 0 Å². The van der Waals surface area contributed by atoms with Gasteiger partial charge in [-0.1, -0.05) is 0 Å². The summed E-state index contributed by atoms with van der Waals surface area (Å²) in [4.78, 5) is 0. The van der Waals surface area contributed by atoms with Crippen LogP contribution < -0.4 is 0 Å². The van der Waals surface area contributed by atoms with E-state index in [4.69, 9.17) is 0 Å². The number of rotatable bonds is 12. The summed E-state index contributed by atoms with van der Waals surface area (Å²) >= 11 is -2.39. The second-order valence-electron chi connectivity index (χ2n) is 11.2. The zero-order valence-corrected chi connectivity index (χ0v) is 25.3. The predicted octanol–water partition coefficient (Wildman–Crippen LogP) is 7.71. The molecule has 0 aromatic rings. The third-order valence-corrected chi connectivity index (χ3v) is 23.7. The topological polar surface area (TPSA) is 40.5 Å². The van der Waals surface area contributed by atoms with E-state index < -0.39 is 38.7 Å². The normalized spacial score (nSPS) is 24.3. The molecule has 0 radical (unpaired) electrons. The van der Waals surface area contributed by atoms with Crippen LogP contribution in [0.1, 0.15) is 85.0 Å². The minimum atomic E-state index is -2.39. The molecule has 0 aromatic carbocycles. The molecule has 0 aromatic heterocycles. The summed E-state index contributed by atoms with van der Waals surface area (Å²) in [5.74, 6) is 0. The molecule has 2 unspecified atom stereocenters. The summed E-state index contributed by atoms with van der Waals surface area (Å²) in [5.41, 5.74) is 3.61. The Balaban J connectivity index is 2.54. The van der Waals surface area contributed by atoms with Gasteiger partial charge in [0, 0.05) is 0 Å². The molecule has 0 amide bonds. The Hall–Kier alpha value is 0.156. The van der Waals surface area contributed by atoms with E-state index in [1.807, 2.05) is 0 Å². The third kappa shape index (κ3) is 7.07. The monoisotopic (exact) mass is 554 g/mol. The molecule has 2 aliphatic carbocycles. The van der Waals surface area contributed by atoms with Gasteiger partial charge in [0.2, 0.25) is 0 Å². The quantitative estimate of drug-likeness (QED) is 0.243. The second kappa shape index (κ2) is 12.6. The fourth-order valence-electron chi connectivity index (χ4n) is 5.63. The first-order valence-electron chi connectivity index (χ1n) is 13.2. The van der Waals surface area contributed by atoms with Crippen molar-refractivity contribution in [2.75, 3.05) is 0 Å². The fraction of sp³-hybridized carbons (Fsp3) is 0.778. The van der Waals surface area contributed by atoms with Crippen molar-refractivity contribution in [3.63, 3.8) is 0 Å². The Morgan fingerprint density at radius 3 is 1.87 bits per heavy atom. The predicted molar refractivity (Wildman–Crippen MR) is 142 cm³/mol. The third-order valence-electron chi connectivity index (χ3n) is 7.57. The van der Waals surface area contributed by atoms with E-state index in [-0.39, 0.29) is 0 Å². The van der Waals surface area contributed by atoms with Crippen LogP contribution >= 0.6 is 0 Å². The summed E-state index contributed by atoms with van der Waals surface area (Å²) in [6.07, 6.45) is 13.5. The van der Waals surface area contributed by atoms with E-state index in [2.05, 4.69) is 50.6 Å². The van der Waals surface area contributed by atoms with Gasteiger partial charge in [-0.3, -0.25) is 0 Å². The fourth-order valence-corrected chi connectivity index (χ4v) is 21.9. The van der Waals surface area contributed by atoms with Gasteiger partial charge in [0.15, 0.2) is 0 Å². The molecule has 178 valence electrons. The molecule has 0 heterocycles. The van der Waals surface area contributed by atoms with Gasteiger partial charge in [-0.15, -0.1) is 0 Å². The van der Waals surface area contributed by atoms with Crippen LogP contribution in [0.15, 0.2) is 32.1 Å². The molecule has 0 bridgehead atoms. The first kappa shape index (κ1) is 27.4. The Kier molecular flexibility index (Phi) is 11.1. The molecular weight excluding hydrogens is 503 g/mol. The van der Waals surface area contributed by atoms with Gasteiger partial charge in [-0.2, -0.15) is 0 Å². The maximum absolute atomic E-state index is 11.1.